The minimum atomic E-state index is -1.30. The molecule has 0 bridgehead atoms. The maximum atomic E-state index is 14.4. The molecule has 2 fully saturated rings. The second-order valence-electron chi connectivity index (χ2n) is 17.4. The van der Waals surface area contributed by atoms with Gasteiger partial charge in [0.2, 0.25) is 17.7 Å². The Morgan fingerprint density at radius 1 is 1.06 bits per heavy atom. The van der Waals surface area contributed by atoms with Crippen molar-refractivity contribution in [3.8, 4) is 0 Å². The highest BCUT2D eigenvalue weighted by Crippen LogP contribution is 2.40. The smallest absolute Gasteiger partial charge is 0.325 e. The van der Waals surface area contributed by atoms with Crippen molar-refractivity contribution >= 4 is 68.4 Å². The molecule has 3 aromatic rings. The number of aromatic nitrogens is 2. The van der Waals surface area contributed by atoms with E-state index in [9.17, 15) is 33.9 Å². The van der Waals surface area contributed by atoms with Crippen molar-refractivity contribution < 1.29 is 43.3 Å². The quantitative estimate of drug-likeness (QED) is 0.0386. The van der Waals surface area contributed by atoms with Gasteiger partial charge < -0.3 is 40.3 Å². The molecule has 2 aromatic heterocycles. The van der Waals surface area contributed by atoms with E-state index in [2.05, 4.69) is 30.7 Å². The maximum absolute atomic E-state index is 14.4. The van der Waals surface area contributed by atoms with Crippen molar-refractivity contribution in [3.63, 3.8) is 0 Å². The number of rotatable bonds is 24. The van der Waals surface area contributed by atoms with Gasteiger partial charge in [0.15, 0.2) is 5.60 Å². The number of thiazole rings is 1. The number of aliphatic hydroxyl groups excluding tert-OH is 1. The zero-order valence-electron chi connectivity index (χ0n) is 38.9. The number of piperidine rings is 1. The van der Waals surface area contributed by atoms with Gasteiger partial charge in [-0.3, -0.25) is 28.8 Å². The van der Waals surface area contributed by atoms with Crippen LogP contribution in [0.5, 0.6) is 0 Å². The average molecular weight is 968 g/mol. The van der Waals surface area contributed by atoms with Crippen molar-refractivity contribution in [2.75, 3.05) is 33.0 Å². The van der Waals surface area contributed by atoms with Gasteiger partial charge in [0.1, 0.15) is 46.6 Å². The monoisotopic (exact) mass is 967 g/mol. The number of methoxy groups -OCH3 is 1. The summed E-state index contributed by atoms with van der Waals surface area (Å²) < 4.78 is 10.5. The zero-order valence-corrected chi connectivity index (χ0v) is 41.3. The molecule has 2 saturated heterocycles. The third-order valence-corrected chi connectivity index (χ3v) is 15.6. The molecule has 3 unspecified atom stereocenters. The van der Waals surface area contributed by atoms with E-state index in [1.165, 1.54) is 7.11 Å². The number of likely N-dealkylation sites (tertiary alicyclic amines) is 1. The van der Waals surface area contributed by atoms with Crippen LogP contribution in [0.15, 0.2) is 65.1 Å². The summed E-state index contributed by atoms with van der Waals surface area (Å²) >= 11 is 1.12. The molecule has 5 rings (SSSR count). The lowest BCUT2D eigenvalue weighted by atomic mass is 9.92. The molecule has 0 radical (unpaired) electrons. The summed E-state index contributed by atoms with van der Waals surface area (Å²) in [6.45, 7) is 9.55. The molecular weight excluding hydrogens is 903 g/mol. The van der Waals surface area contributed by atoms with Crippen LogP contribution >= 0.6 is 32.9 Å². The standard InChI is InChI=1S/C47H65N7O9S3/c1-8-30(4)40(52-43(59)34-19-13-15-23-54(34)38(56)21-16-24-65-66-37-20-12-14-22-48-37)45(60)53(6)35(29(2)3)26-36(55)44-51-33(28-64-44)42(58)50-32(25-31-17-10-9-11-18-31)41-47(5,63-41)46(61)49-27-39(57)62-7/h9-12,14,17-18,20,22,28-30,32,34-36,40-41,55H,8,13,15-16,19,21,23-27H2,1-7H3,(H,49,61)(H,50,58)(H,52,59)/t30-,32-,34?,35+,36+,40+,41?,47?/m0/s1. The van der Waals surface area contributed by atoms with E-state index in [1.54, 1.807) is 56.9 Å². The zero-order chi connectivity index (χ0) is 48.0. The molecule has 0 aliphatic carbocycles. The number of carbonyl (C=O) groups excluding carboxylic acids is 6. The van der Waals surface area contributed by atoms with E-state index in [-0.39, 0.29) is 48.2 Å². The van der Waals surface area contributed by atoms with Crippen LogP contribution in [0.4, 0.5) is 0 Å². The number of nitrogens with zero attached hydrogens (tertiary/aromatic N) is 4. The minimum absolute atomic E-state index is 0.0662. The first kappa shape index (κ1) is 52.4. The number of nitrogens with one attached hydrogen (secondary N) is 3. The molecule has 360 valence electrons. The molecule has 2 aliphatic heterocycles. The molecular formula is C47H65N7O9S3. The Hall–Kier alpha value is -4.56. The van der Waals surface area contributed by atoms with Crippen molar-refractivity contribution in [1.82, 2.24) is 35.7 Å². The summed E-state index contributed by atoms with van der Waals surface area (Å²) in [4.78, 5) is 92.5. The van der Waals surface area contributed by atoms with Gasteiger partial charge in [-0.25, -0.2) is 9.97 Å². The van der Waals surface area contributed by atoms with E-state index in [1.807, 2.05) is 76.2 Å². The fourth-order valence-corrected chi connectivity index (χ4v) is 10.9. The largest absolute Gasteiger partial charge is 0.468 e. The van der Waals surface area contributed by atoms with Crippen LogP contribution in [0.25, 0.3) is 0 Å². The Balaban J connectivity index is 1.20. The van der Waals surface area contributed by atoms with Crippen molar-refractivity contribution in [1.29, 1.82) is 0 Å². The second-order valence-corrected chi connectivity index (χ2v) is 20.7. The fraction of sp³-hybridized carbons (Fsp3) is 0.574. The molecule has 8 atom stereocenters. The van der Waals surface area contributed by atoms with Crippen LogP contribution in [0.1, 0.15) is 107 Å². The number of aliphatic hydroxyl groups is 1. The number of epoxide rings is 1. The number of esters is 1. The van der Waals surface area contributed by atoms with Gasteiger partial charge in [-0.15, -0.1) is 11.3 Å². The first-order valence-corrected chi connectivity index (χ1v) is 25.9. The molecule has 5 amide bonds. The normalized spacial score (nSPS) is 20.3. The lowest BCUT2D eigenvalue weighted by Crippen LogP contribution is -2.59. The van der Waals surface area contributed by atoms with Crippen LogP contribution in [-0.2, 0) is 39.9 Å². The molecule has 4 heterocycles. The van der Waals surface area contributed by atoms with Crippen molar-refractivity contribution in [2.24, 2.45) is 11.8 Å². The van der Waals surface area contributed by atoms with E-state index in [0.29, 0.717) is 43.7 Å². The summed E-state index contributed by atoms with van der Waals surface area (Å²) in [7, 11) is 6.12. The summed E-state index contributed by atoms with van der Waals surface area (Å²) in [6, 6.07) is 12.5. The Kier molecular flexibility index (Phi) is 19.8. The van der Waals surface area contributed by atoms with Crippen LogP contribution in [-0.4, -0.2) is 129 Å². The van der Waals surface area contributed by atoms with Gasteiger partial charge in [0.05, 0.1) is 13.2 Å². The maximum Gasteiger partial charge on any atom is 0.325 e. The summed E-state index contributed by atoms with van der Waals surface area (Å²) in [5.74, 6) is -1.91. The summed E-state index contributed by atoms with van der Waals surface area (Å²) in [5, 5.41) is 22.9. The fourth-order valence-electron chi connectivity index (χ4n) is 8.12. The van der Waals surface area contributed by atoms with Gasteiger partial charge in [-0.1, -0.05) is 81.3 Å². The Morgan fingerprint density at radius 2 is 1.80 bits per heavy atom. The molecule has 0 saturated carbocycles. The van der Waals surface area contributed by atoms with Crippen LogP contribution in [0.3, 0.4) is 0 Å². The van der Waals surface area contributed by atoms with Gasteiger partial charge in [-0.05, 0) is 79.4 Å². The highest BCUT2D eigenvalue weighted by Gasteiger charge is 2.62. The molecule has 16 nitrogen and oxygen atoms in total. The first-order chi connectivity index (χ1) is 31.6. The van der Waals surface area contributed by atoms with Gasteiger partial charge in [0.25, 0.3) is 11.8 Å². The molecule has 4 N–H and O–H groups in total. The lowest BCUT2D eigenvalue weighted by molar-refractivity contribution is -0.145. The van der Waals surface area contributed by atoms with Crippen LogP contribution in [0, 0.1) is 11.8 Å². The number of ether oxygens (including phenoxy) is 2. The minimum Gasteiger partial charge on any atom is -0.468 e. The Bertz CT molecular complexity index is 2100. The highest BCUT2D eigenvalue weighted by atomic mass is 33.1. The predicted octanol–water partition coefficient (Wildman–Crippen LogP) is 5.37. The van der Waals surface area contributed by atoms with Crippen molar-refractivity contribution in [2.45, 2.75) is 133 Å². The number of amides is 5. The third kappa shape index (κ3) is 14.2. The number of carbonyl (C=O) groups is 6. The third-order valence-electron chi connectivity index (χ3n) is 12.3. The van der Waals surface area contributed by atoms with E-state index >= 15 is 0 Å². The van der Waals surface area contributed by atoms with Crippen molar-refractivity contribution in [3.05, 3.63) is 76.4 Å². The average Bonchev–Trinajstić information content (AvgIpc) is 3.77. The van der Waals surface area contributed by atoms with Gasteiger partial charge in [-0.2, -0.15) is 0 Å². The predicted molar refractivity (Wildman–Crippen MR) is 255 cm³/mol. The summed E-state index contributed by atoms with van der Waals surface area (Å²) in [5.41, 5.74) is -0.327. The van der Waals surface area contributed by atoms with Crippen LogP contribution in [0.2, 0.25) is 0 Å². The molecule has 1 aromatic carbocycles. The SMILES string of the molecule is CC[C@H](C)[C@@H](NC(=O)C1CCCCN1C(=O)CCCSSc1ccccn1)C(=O)N(C)[C@H](C[C@@H](O)c1nc(C(=O)N[C@@H](Cc2ccccc2)C2OC2(C)C(=O)NCC(=O)OC)cs1)C(C)C. The second kappa shape index (κ2) is 25.0. The van der Waals surface area contributed by atoms with E-state index in [0.717, 1.165) is 40.5 Å². The highest BCUT2D eigenvalue weighted by molar-refractivity contribution is 8.76. The summed E-state index contributed by atoms with van der Waals surface area (Å²) in [6.07, 6.45) is 4.11. The molecule has 66 heavy (non-hydrogen) atoms. The Labute approximate surface area is 399 Å². The molecule has 0 spiro atoms. The molecule has 2 aliphatic rings. The number of hydrogen-bond donors (Lipinski definition) is 4. The van der Waals surface area contributed by atoms with E-state index in [4.69, 9.17) is 4.74 Å². The number of pyridine rings is 1. The Morgan fingerprint density at radius 3 is 2.48 bits per heavy atom. The topological polar surface area (TPSA) is 213 Å². The first-order valence-electron chi connectivity index (χ1n) is 22.7. The number of likely N-dealkylation sites (N-methyl/N-ethyl adjacent to an activating group) is 1. The number of hydrogen-bond acceptors (Lipinski definition) is 14. The molecule has 19 heteroatoms. The number of benzene rings is 1. The lowest BCUT2D eigenvalue weighted by Gasteiger charge is -2.38. The van der Waals surface area contributed by atoms with E-state index < -0.39 is 59.8 Å². The van der Waals surface area contributed by atoms with Gasteiger partial charge in [0, 0.05) is 49.8 Å². The van der Waals surface area contributed by atoms with Gasteiger partial charge >= 0.3 is 5.97 Å². The van der Waals surface area contributed by atoms with Crippen LogP contribution < -0.4 is 16.0 Å².